The van der Waals surface area contributed by atoms with Crippen LogP contribution in [0.3, 0.4) is 0 Å². The molecule has 0 aromatic carbocycles. The number of alkyl halides is 2. The van der Waals surface area contributed by atoms with Crippen LogP contribution in [0.5, 0.6) is 0 Å². The lowest BCUT2D eigenvalue weighted by Gasteiger charge is -2.06. The number of hydrogen-bond acceptors (Lipinski definition) is 2. The predicted octanol–water partition coefficient (Wildman–Crippen LogP) is 1.65. The summed E-state index contributed by atoms with van der Waals surface area (Å²) in [6, 6.07) is 0. The molecule has 0 N–H and O–H groups in total. The maximum absolute atomic E-state index is 11.5. The third kappa shape index (κ3) is 3.57. The lowest BCUT2D eigenvalue weighted by molar-refractivity contribution is -0.0129. The van der Waals surface area contributed by atoms with Crippen molar-refractivity contribution in [3.05, 3.63) is 12.8 Å². The summed E-state index contributed by atoms with van der Waals surface area (Å²) >= 11 is 0. The van der Waals surface area contributed by atoms with Crippen LogP contribution in [-0.2, 0) is 0 Å². The Hall–Kier alpha value is -1.00. The lowest BCUT2D eigenvalue weighted by atomic mass is 11.1. The van der Waals surface area contributed by atoms with Crippen LogP contribution in [-0.4, -0.2) is 18.6 Å². The van der Waals surface area contributed by atoms with Gasteiger partial charge in [0, 0.05) is 13.2 Å². The van der Waals surface area contributed by atoms with Crippen LogP contribution >= 0.6 is 0 Å². The Bertz CT molecular complexity index is 112. The summed E-state index contributed by atoms with van der Waals surface area (Å²) in [5.41, 5.74) is 0. The molecule has 5 heteroatoms. The Morgan fingerprint density at radius 3 is 2.56 bits per heavy atom. The van der Waals surface area contributed by atoms with Gasteiger partial charge in [0.25, 0.3) is 0 Å². The molecule has 0 atom stereocenters. The molecule has 0 bridgehead atoms. The first-order valence-corrected chi connectivity index (χ1v) is 2.21. The predicted molar refractivity (Wildman–Crippen MR) is 28.8 cm³/mol. The van der Waals surface area contributed by atoms with Crippen LogP contribution in [0.2, 0.25) is 0 Å². The van der Waals surface area contributed by atoms with E-state index in [1.807, 2.05) is 0 Å². The standard InChI is InChI=1S/C4H7F2N3/c1-3-7-8-9(2)4(5)6/h3-4H,1H2,2H3. The molecule has 0 rings (SSSR count). The molecule has 0 radical (unpaired) electrons. The third-order valence-corrected chi connectivity index (χ3v) is 0.557. The van der Waals surface area contributed by atoms with Crippen LogP contribution in [0.1, 0.15) is 0 Å². The van der Waals surface area contributed by atoms with Gasteiger partial charge in [-0.05, 0) is 0 Å². The van der Waals surface area contributed by atoms with E-state index in [2.05, 4.69) is 16.9 Å². The van der Waals surface area contributed by atoms with Crippen LogP contribution < -0.4 is 0 Å². The summed E-state index contributed by atoms with van der Waals surface area (Å²) in [6.45, 7) is 0.557. The number of hydrogen-bond donors (Lipinski definition) is 0. The number of nitrogens with zero attached hydrogens (tertiary/aromatic N) is 3. The Morgan fingerprint density at radius 1 is 1.67 bits per heavy atom. The van der Waals surface area contributed by atoms with E-state index >= 15 is 0 Å². The monoisotopic (exact) mass is 135 g/mol. The molecule has 0 aromatic heterocycles. The van der Waals surface area contributed by atoms with Crippen LogP contribution in [0.25, 0.3) is 0 Å². The van der Waals surface area contributed by atoms with E-state index in [1.54, 1.807) is 0 Å². The minimum Gasteiger partial charge on any atom is -0.221 e. The molecule has 9 heavy (non-hydrogen) atoms. The normalized spacial score (nSPS) is 10.7. The third-order valence-electron chi connectivity index (χ3n) is 0.557. The highest BCUT2D eigenvalue weighted by atomic mass is 19.3. The van der Waals surface area contributed by atoms with E-state index in [1.165, 1.54) is 0 Å². The van der Waals surface area contributed by atoms with Gasteiger partial charge in [-0.25, -0.2) is 5.01 Å². The van der Waals surface area contributed by atoms with Gasteiger partial charge in [0.1, 0.15) is 0 Å². The Labute approximate surface area is 51.7 Å². The molecule has 0 heterocycles. The smallest absolute Gasteiger partial charge is 0.221 e. The summed E-state index contributed by atoms with van der Waals surface area (Å²) in [6.07, 6.45) is 1.08. The maximum Gasteiger partial charge on any atom is 0.330 e. The summed E-state index contributed by atoms with van der Waals surface area (Å²) in [4.78, 5) is 0. The van der Waals surface area contributed by atoms with E-state index in [9.17, 15) is 8.78 Å². The van der Waals surface area contributed by atoms with Crippen molar-refractivity contribution in [2.24, 2.45) is 10.3 Å². The molecule has 0 aliphatic heterocycles. The van der Waals surface area contributed by atoms with E-state index < -0.39 is 6.55 Å². The van der Waals surface area contributed by atoms with Gasteiger partial charge in [-0.1, -0.05) is 11.8 Å². The van der Waals surface area contributed by atoms with Gasteiger partial charge in [-0.15, -0.1) is 5.11 Å². The van der Waals surface area contributed by atoms with Crippen molar-refractivity contribution in [3.63, 3.8) is 0 Å². The van der Waals surface area contributed by atoms with Crippen molar-refractivity contribution in [1.82, 2.24) is 5.01 Å². The summed E-state index contributed by atoms with van der Waals surface area (Å²) in [5.74, 6) is 0. The highest BCUT2D eigenvalue weighted by Gasteiger charge is 2.05. The van der Waals surface area contributed by atoms with E-state index in [4.69, 9.17) is 0 Å². The summed E-state index contributed by atoms with van der Waals surface area (Å²) in [5, 5.41) is 6.59. The van der Waals surface area contributed by atoms with Crippen molar-refractivity contribution in [2.45, 2.75) is 6.55 Å². The summed E-state index contributed by atoms with van der Waals surface area (Å²) in [7, 11) is 1.12. The van der Waals surface area contributed by atoms with E-state index in [0.717, 1.165) is 13.2 Å². The first-order valence-electron chi connectivity index (χ1n) is 2.21. The zero-order valence-corrected chi connectivity index (χ0v) is 4.96. The fourth-order valence-electron chi connectivity index (χ4n) is 0.157. The van der Waals surface area contributed by atoms with Crippen LogP contribution in [0.15, 0.2) is 23.1 Å². The minimum absolute atomic E-state index is 0.432. The highest BCUT2D eigenvalue weighted by Crippen LogP contribution is 1.98. The van der Waals surface area contributed by atoms with Gasteiger partial charge >= 0.3 is 6.55 Å². The quantitative estimate of drug-likeness (QED) is 0.328. The number of halogens is 2. The largest absolute Gasteiger partial charge is 0.330 e. The van der Waals surface area contributed by atoms with Crippen molar-refractivity contribution in [2.75, 3.05) is 7.05 Å². The molecule has 0 aromatic rings. The molecular weight excluding hydrogens is 128 g/mol. The Balaban J connectivity index is 3.61. The van der Waals surface area contributed by atoms with Crippen molar-refractivity contribution in [3.8, 4) is 0 Å². The fourth-order valence-corrected chi connectivity index (χ4v) is 0.157. The average Bonchev–Trinajstić information content (AvgIpc) is 1.82. The van der Waals surface area contributed by atoms with E-state index in [-0.39, 0.29) is 0 Å². The minimum atomic E-state index is -2.60. The highest BCUT2D eigenvalue weighted by molar-refractivity contribution is 4.56. The SMILES string of the molecule is C=CN=NN(C)C(F)F. The second-order valence-electron chi connectivity index (χ2n) is 1.24. The molecule has 0 spiro atoms. The first-order chi connectivity index (χ1) is 4.18. The zero-order valence-electron chi connectivity index (χ0n) is 4.96. The van der Waals surface area contributed by atoms with Crippen LogP contribution in [0.4, 0.5) is 8.78 Å². The Kier molecular flexibility index (Phi) is 3.50. The van der Waals surface area contributed by atoms with Gasteiger partial charge in [0.05, 0.1) is 0 Å². The van der Waals surface area contributed by atoms with E-state index in [0.29, 0.717) is 5.01 Å². The molecule has 0 saturated carbocycles. The van der Waals surface area contributed by atoms with Crippen molar-refractivity contribution >= 4 is 0 Å². The summed E-state index contributed by atoms with van der Waals surface area (Å²) < 4.78 is 23.0. The van der Waals surface area contributed by atoms with Gasteiger partial charge < -0.3 is 0 Å². The zero-order chi connectivity index (χ0) is 7.28. The first kappa shape index (κ1) is 8.00. The molecule has 0 saturated heterocycles. The molecule has 0 unspecified atom stereocenters. The molecule has 52 valence electrons. The average molecular weight is 135 g/mol. The van der Waals surface area contributed by atoms with Gasteiger partial charge in [-0.2, -0.15) is 8.78 Å². The molecule has 0 aliphatic carbocycles. The second kappa shape index (κ2) is 3.94. The fraction of sp³-hybridized carbons (Fsp3) is 0.500. The van der Waals surface area contributed by atoms with Gasteiger partial charge in [-0.3, -0.25) is 0 Å². The Morgan fingerprint density at radius 2 is 2.22 bits per heavy atom. The van der Waals surface area contributed by atoms with Crippen molar-refractivity contribution in [1.29, 1.82) is 0 Å². The molecule has 3 nitrogen and oxygen atoms in total. The molecular formula is C4H7F2N3. The molecule has 0 aliphatic rings. The molecule has 0 amide bonds. The second-order valence-corrected chi connectivity index (χ2v) is 1.24. The van der Waals surface area contributed by atoms with Crippen molar-refractivity contribution < 1.29 is 8.78 Å². The topological polar surface area (TPSA) is 28.0 Å². The molecule has 0 fully saturated rings. The maximum atomic E-state index is 11.5. The van der Waals surface area contributed by atoms with Crippen LogP contribution in [0, 0.1) is 0 Å². The van der Waals surface area contributed by atoms with Gasteiger partial charge in [0.2, 0.25) is 0 Å². The number of rotatable bonds is 3. The van der Waals surface area contributed by atoms with Gasteiger partial charge in [0.15, 0.2) is 0 Å². The lowest BCUT2D eigenvalue weighted by Crippen LogP contribution is -2.16.